The van der Waals surface area contributed by atoms with Crippen molar-refractivity contribution in [3.05, 3.63) is 41.2 Å². The third kappa shape index (κ3) is 2.41. The average molecular weight is 217 g/mol. The minimum atomic E-state index is -0.339. The Morgan fingerprint density at radius 2 is 2.12 bits per heavy atom. The van der Waals surface area contributed by atoms with E-state index in [1.807, 2.05) is 31.2 Å². The second kappa shape index (κ2) is 4.52. The normalized spacial score (nSPS) is 10.1. The first-order valence-electron chi connectivity index (χ1n) is 4.83. The van der Waals surface area contributed by atoms with Gasteiger partial charge in [0.15, 0.2) is 0 Å². The number of aryl methyl sites for hydroxylation is 1. The Morgan fingerprint density at radius 3 is 2.75 bits per heavy atom. The van der Waals surface area contributed by atoms with E-state index in [1.165, 1.54) is 5.56 Å². The predicted molar refractivity (Wildman–Crippen MR) is 56.5 cm³/mol. The van der Waals surface area contributed by atoms with Gasteiger partial charge in [-0.25, -0.2) is 0 Å². The summed E-state index contributed by atoms with van der Waals surface area (Å²) in [5.41, 5.74) is 2.22. The van der Waals surface area contributed by atoms with Gasteiger partial charge in [0, 0.05) is 6.54 Å². The van der Waals surface area contributed by atoms with Crippen molar-refractivity contribution in [2.75, 3.05) is 0 Å². The van der Waals surface area contributed by atoms with Gasteiger partial charge in [0.1, 0.15) is 0 Å². The highest BCUT2D eigenvalue weighted by molar-refractivity contribution is 5.89. The summed E-state index contributed by atoms with van der Waals surface area (Å²) < 4.78 is 0. The number of aromatic amines is 1. The first kappa shape index (κ1) is 10.3. The number of benzene rings is 1. The van der Waals surface area contributed by atoms with E-state index < -0.39 is 0 Å². The Hall–Kier alpha value is -2.24. The second-order valence-corrected chi connectivity index (χ2v) is 3.40. The van der Waals surface area contributed by atoms with Crippen LogP contribution in [0.4, 0.5) is 0 Å². The third-order valence-electron chi connectivity index (χ3n) is 2.12. The summed E-state index contributed by atoms with van der Waals surface area (Å²) in [7, 11) is 0. The number of carbonyl (C=O) groups excluding carboxylic acids is 1. The van der Waals surface area contributed by atoms with Gasteiger partial charge in [-0.1, -0.05) is 29.8 Å². The Morgan fingerprint density at radius 1 is 1.38 bits per heavy atom. The first-order valence-corrected chi connectivity index (χ1v) is 4.83. The molecule has 0 unspecified atom stereocenters. The molecule has 1 amide bonds. The van der Waals surface area contributed by atoms with E-state index in [1.54, 1.807) is 0 Å². The van der Waals surface area contributed by atoms with Crippen molar-refractivity contribution in [2.45, 2.75) is 13.5 Å². The molecule has 1 aromatic heterocycles. The van der Waals surface area contributed by atoms with Crippen LogP contribution in [0.1, 0.15) is 21.7 Å². The fourth-order valence-corrected chi connectivity index (χ4v) is 1.23. The Labute approximate surface area is 92.1 Å². The van der Waals surface area contributed by atoms with E-state index in [0.717, 1.165) is 5.56 Å². The van der Waals surface area contributed by atoms with Crippen LogP contribution in [0.5, 0.6) is 0 Å². The fraction of sp³-hybridized carbons (Fsp3) is 0.200. The van der Waals surface area contributed by atoms with Crippen LogP contribution in [0.2, 0.25) is 0 Å². The summed E-state index contributed by atoms with van der Waals surface area (Å²) >= 11 is 0. The van der Waals surface area contributed by atoms with Crippen molar-refractivity contribution in [3.63, 3.8) is 0 Å². The van der Waals surface area contributed by atoms with Crippen molar-refractivity contribution in [1.82, 2.24) is 25.9 Å². The molecule has 16 heavy (non-hydrogen) atoms. The van der Waals surface area contributed by atoms with E-state index in [9.17, 15) is 4.79 Å². The minimum absolute atomic E-state index is 0.0483. The average Bonchev–Trinajstić information content (AvgIpc) is 2.81. The fourth-order valence-electron chi connectivity index (χ4n) is 1.23. The summed E-state index contributed by atoms with van der Waals surface area (Å²) in [6.07, 6.45) is 0. The van der Waals surface area contributed by atoms with Gasteiger partial charge in [-0.3, -0.25) is 4.79 Å². The maximum atomic E-state index is 11.4. The van der Waals surface area contributed by atoms with Crippen molar-refractivity contribution in [2.24, 2.45) is 0 Å². The number of amides is 1. The van der Waals surface area contributed by atoms with Gasteiger partial charge in [0.2, 0.25) is 0 Å². The van der Waals surface area contributed by atoms with Crippen molar-refractivity contribution < 1.29 is 4.79 Å². The second-order valence-electron chi connectivity index (χ2n) is 3.40. The van der Waals surface area contributed by atoms with E-state index in [-0.39, 0.29) is 11.7 Å². The summed E-state index contributed by atoms with van der Waals surface area (Å²) in [6, 6.07) is 7.92. The van der Waals surface area contributed by atoms with Gasteiger partial charge in [-0.15, -0.1) is 10.2 Å². The number of carbonyl (C=O) groups is 1. The lowest BCUT2D eigenvalue weighted by Gasteiger charge is -2.02. The molecule has 1 aromatic carbocycles. The smallest absolute Gasteiger partial charge is 0.293 e. The quantitative estimate of drug-likeness (QED) is 0.781. The molecular formula is C10H11N5O. The van der Waals surface area contributed by atoms with Crippen molar-refractivity contribution in [1.29, 1.82) is 0 Å². The van der Waals surface area contributed by atoms with Crippen LogP contribution in [0.3, 0.4) is 0 Å². The number of hydrogen-bond donors (Lipinski definition) is 2. The van der Waals surface area contributed by atoms with Crippen molar-refractivity contribution >= 4 is 5.91 Å². The van der Waals surface area contributed by atoms with Crippen LogP contribution in [0, 0.1) is 6.92 Å². The largest absolute Gasteiger partial charge is 0.345 e. The monoisotopic (exact) mass is 217 g/mol. The molecule has 6 heteroatoms. The lowest BCUT2D eigenvalue weighted by Crippen LogP contribution is -2.24. The summed E-state index contributed by atoms with van der Waals surface area (Å²) in [5.74, 6) is -0.290. The molecule has 2 rings (SSSR count). The van der Waals surface area contributed by atoms with Crippen LogP contribution >= 0.6 is 0 Å². The zero-order valence-electron chi connectivity index (χ0n) is 8.77. The molecule has 0 atom stereocenters. The highest BCUT2D eigenvalue weighted by atomic mass is 16.2. The van der Waals surface area contributed by atoms with Crippen molar-refractivity contribution in [3.8, 4) is 0 Å². The molecule has 0 radical (unpaired) electrons. The number of aromatic nitrogens is 4. The maximum absolute atomic E-state index is 11.4. The Bertz CT molecular complexity index is 462. The third-order valence-corrected chi connectivity index (χ3v) is 2.12. The molecule has 0 aliphatic carbocycles. The van der Waals surface area contributed by atoms with Crippen LogP contribution in [0.15, 0.2) is 24.3 Å². The molecule has 2 aromatic rings. The molecular weight excluding hydrogens is 206 g/mol. The van der Waals surface area contributed by atoms with Crippen LogP contribution in [0.25, 0.3) is 0 Å². The van der Waals surface area contributed by atoms with Gasteiger partial charge in [0.25, 0.3) is 11.7 Å². The number of nitrogens with one attached hydrogen (secondary N) is 2. The Balaban J connectivity index is 1.93. The van der Waals surface area contributed by atoms with Gasteiger partial charge < -0.3 is 5.32 Å². The summed E-state index contributed by atoms with van der Waals surface area (Å²) in [5, 5.41) is 15.4. The maximum Gasteiger partial charge on any atom is 0.293 e. The summed E-state index contributed by atoms with van der Waals surface area (Å²) in [4.78, 5) is 11.4. The SMILES string of the molecule is Cc1ccc(CNC(=O)c2nn[nH]n2)cc1. The standard InChI is InChI=1S/C10H11N5O/c1-7-2-4-8(5-3-7)6-11-10(16)9-12-14-15-13-9/h2-5H,6H2,1H3,(H,11,16)(H,12,13,14,15). The van der Waals surface area contributed by atoms with E-state index in [4.69, 9.17) is 0 Å². The molecule has 0 saturated carbocycles. The molecule has 0 aliphatic rings. The first-order chi connectivity index (χ1) is 7.75. The lowest BCUT2D eigenvalue weighted by atomic mass is 10.1. The molecule has 1 heterocycles. The molecule has 2 N–H and O–H groups in total. The van der Waals surface area contributed by atoms with Gasteiger partial charge >= 0.3 is 0 Å². The van der Waals surface area contributed by atoms with Gasteiger partial charge in [0.05, 0.1) is 0 Å². The number of H-pyrrole nitrogens is 1. The van der Waals surface area contributed by atoms with E-state index in [0.29, 0.717) is 6.54 Å². The zero-order valence-corrected chi connectivity index (χ0v) is 8.77. The minimum Gasteiger partial charge on any atom is -0.345 e. The van der Waals surface area contributed by atoms with Gasteiger partial charge in [-0.05, 0) is 17.7 Å². The molecule has 0 aliphatic heterocycles. The lowest BCUT2D eigenvalue weighted by molar-refractivity contribution is 0.0940. The topological polar surface area (TPSA) is 83.6 Å². The van der Waals surface area contributed by atoms with Crippen LogP contribution < -0.4 is 5.32 Å². The molecule has 0 fully saturated rings. The molecule has 82 valence electrons. The molecule has 0 saturated heterocycles. The van der Waals surface area contributed by atoms with E-state index in [2.05, 4.69) is 25.9 Å². The molecule has 6 nitrogen and oxygen atoms in total. The molecule has 0 bridgehead atoms. The Kier molecular flexibility index (Phi) is 2.90. The molecule has 0 spiro atoms. The highest BCUT2D eigenvalue weighted by Gasteiger charge is 2.09. The van der Waals surface area contributed by atoms with Crippen LogP contribution in [-0.4, -0.2) is 26.5 Å². The highest BCUT2D eigenvalue weighted by Crippen LogP contribution is 2.02. The predicted octanol–water partition coefficient (Wildman–Crippen LogP) is 0.438. The number of hydrogen-bond acceptors (Lipinski definition) is 4. The number of nitrogens with zero attached hydrogens (tertiary/aromatic N) is 3. The zero-order chi connectivity index (χ0) is 11.4. The van der Waals surface area contributed by atoms with Crippen LogP contribution in [-0.2, 0) is 6.54 Å². The summed E-state index contributed by atoms with van der Waals surface area (Å²) in [6.45, 7) is 2.47. The van der Waals surface area contributed by atoms with E-state index >= 15 is 0 Å². The number of tetrazole rings is 1. The van der Waals surface area contributed by atoms with Gasteiger partial charge in [-0.2, -0.15) is 5.21 Å². The number of rotatable bonds is 3.